The van der Waals surface area contributed by atoms with Crippen molar-refractivity contribution < 1.29 is 4.79 Å². The van der Waals surface area contributed by atoms with Crippen LogP contribution in [0.5, 0.6) is 0 Å². The molecule has 2 heterocycles. The molecule has 1 aliphatic rings. The summed E-state index contributed by atoms with van der Waals surface area (Å²) < 4.78 is 0. The molecule has 3 rings (SSSR count). The van der Waals surface area contributed by atoms with Gasteiger partial charge in [-0.3, -0.25) is 4.79 Å². The zero-order chi connectivity index (χ0) is 22.4. The number of anilines is 4. The number of aryl methyl sites for hydroxylation is 1. The van der Waals surface area contributed by atoms with Gasteiger partial charge >= 0.3 is 0 Å². The molecule has 1 aliphatic heterocycles. The SMILES string of the molecule is CCNC(=O)c1ccc(C)c(Nc2nc(N[C@@H]3CCNC3)nc(N(C)CC(C)C)n2)c1. The molecule has 0 bridgehead atoms. The van der Waals surface area contributed by atoms with E-state index in [1.807, 2.05) is 44.0 Å². The summed E-state index contributed by atoms with van der Waals surface area (Å²) in [7, 11) is 1.99. The molecule has 1 aromatic heterocycles. The third-order valence-corrected chi connectivity index (χ3v) is 5.08. The highest BCUT2D eigenvalue weighted by Crippen LogP contribution is 2.23. The fraction of sp³-hybridized carbons (Fsp3) is 0.545. The molecule has 1 saturated heterocycles. The predicted octanol–water partition coefficient (Wildman–Crippen LogP) is 2.54. The molecule has 4 N–H and O–H groups in total. The molecule has 0 spiro atoms. The fourth-order valence-corrected chi connectivity index (χ4v) is 3.53. The van der Waals surface area contributed by atoms with Crippen molar-refractivity contribution in [2.24, 2.45) is 5.92 Å². The third-order valence-electron chi connectivity index (χ3n) is 5.08. The van der Waals surface area contributed by atoms with Crippen LogP contribution in [-0.2, 0) is 0 Å². The maximum Gasteiger partial charge on any atom is 0.251 e. The third kappa shape index (κ3) is 6.27. The smallest absolute Gasteiger partial charge is 0.251 e. The summed E-state index contributed by atoms with van der Waals surface area (Å²) in [6, 6.07) is 5.86. The Kier molecular flexibility index (Phi) is 7.62. The molecule has 1 aromatic carbocycles. The van der Waals surface area contributed by atoms with Crippen LogP contribution < -0.4 is 26.2 Å². The summed E-state index contributed by atoms with van der Waals surface area (Å²) in [5.74, 6) is 1.98. The summed E-state index contributed by atoms with van der Waals surface area (Å²) >= 11 is 0. The fourth-order valence-electron chi connectivity index (χ4n) is 3.53. The standard InChI is InChI=1S/C22H34N8O/c1-6-24-19(31)16-8-7-15(4)18(11-16)26-21-27-20(25-17-9-10-23-12-17)28-22(29-21)30(5)13-14(2)3/h7-8,11,14,17,23H,6,9-10,12-13H2,1-5H3,(H,24,31)(H2,25,26,27,28,29)/t17-/m1/s1. The van der Waals surface area contributed by atoms with Crippen LogP contribution in [0.25, 0.3) is 0 Å². The molecule has 9 heteroatoms. The van der Waals surface area contributed by atoms with Crippen LogP contribution >= 0.6 is 0 Å². The van der Waals surface area contributed by atoms with E-state index in [-0.39, 0.29) is 5.91 Å². The minimum Gasteiger partial charge on any atom is -0.352 e. The van der Waals surface area contributed by atoms with E-state index >= 15 is 0 Å². The topological polar surface area (TPSA) is 107 Å². The number of benzene rings is 1. The van der Waals surface area contributed by atoms with Crippen LogP contribution in [0.2, 0.25) is 0 Å². The summed E-state index contributed by atoms with van der Waals surface area (Å²) in [6.07, 6.45) is 1.03. The largest absolute Gasteiger partial charge is 0.352 e. The van der Waals surface area contributed by atoms with Gasteiger partial charge in [-0.25, -0.2) is 0 Å². The zero-order valence-electron chi connectivity index (χ0n) is 19.1. The van der Waals surface area contributed by atoms with Gasteiger partial charge in [0.1, 0.15) is 0 Å². The second-order valence-corrected chi connectivity index (χ2v) is 8.41. The first-order valence-corrected chi connectivity index (χ1v) is 11.0. The van der Waals surface area contributed by atoms with E-state index in [0.29, 0.717) is 41.9 Å². The highest BCUT2D eigenvalue weighted by Gasteiger charge is 2.18. The minimum atomic E-state index is -0.102. The van der Waals surface area contributed by atoms with E-state index in [2.05, 4.69) is 50.1 Å². The summed E-state index contributed by atoms with van der Waals surface area (Å²) in [5.41, 5.74) is 2.39. The Hall–Kier alpha value is -2.94. The molecule has 0 aliphatic carbocycles. The lowest BCUT2D eigenvalue weighted by molar-refractivity contribution is 0.0956. The summed E-state index contributed by atoms with van der Waals surface area (Å²) in [5, 5.41) is 12.9. The average Bonchev–Trinajstić information content (AvgIpc) is 3.22. The monoisotopic (exact) mass is 426 g/mol. The maximum absolute atomic E-state index is 12.3. The van der Waals surface area contributed by atoms with Gasteiger partial charge in [-0.2, -0.15) is 15.0 Å². The number of nitrogens with one attached hydrogen (secondary N) is 4. The molecular weight excluding hydrogens is 392 g/mol. The van der Waals surface area contributed by atoms with E-state index in [0.717, 1.165) is 37.3 Å². The van der Waals surface area contributed by atoms with E-state index < -0.39 is 0 Å². The number of amides is 1. The van der Waals surface area contributed by atoms with Crippen LogP contribution in [0, 0.1) is 12.8 Å². The van der Waals surface area contributed by atoms with Crippen molar-refractivity contribution in [2.75, 3.05) is 48.8 Å². The van der Waals surface area contributed by atoms with Crippen molar-refractivity contribution in [3.8, 4) is 0 Å². The highest BCUT2D eigenvalue weighted by atomic mass is 16.1. The lowest BCUT2D eigenvalue weighted by Gasteiger charge is -2.21. The van der Waals surface area contributed by atoms with E-state index in [1.165, 1.54) is 0 Å². The van der Waals surface area contributed by atoms with Crippen LogP contribution in [0.4, 0.5) is 23.5 Å². The summed E-state index contributed by atoms with van der Waals surface area (Å²) in [6.45, 7) is 11.5. The lowest BCUT2D eigenvalue weighted by Crippen LogP contribution is -2.27. The highest BCUT2D eigenvalue weighted by molar-refractivity contribution is 5.95. The van der Waals surface area contributed by atoms with Gasteiger partial charge in [0, 0.05) is 44.0 Å². The van der Waals surface area contributed by atoms with E-state index in [4.69, 9.17) is 0 Å². The number of hydrogen-bond donors (Lipinski definition) is 4. The van der Waals surface area contributed by atoms with Crippen LogP contribution in [-0.4, -0.2) is 60.1 Å². The van der Waals surface area contributed by atoms with Gasteiger partial charge in [0.15, 0.2) is 0 Å². The Morgan fingerprint density at radius 3 is 2.71 bits per heavy atom. The van der Waals surface area contributed by atoms with Crippen LogP contribution in [0.1, 0.15) is 43.1 Å². The number of hydrogen-bond acceptors (Lipinski definition) is 8. The van der Waals surface area contributed by atoms with Gasteiger partial charge in [-0.15, -0.1) is 0 Å². The first-order valence-electron chi connectivity index (χ1n) is 11.0. The number of aromatic nitrogens is 3. The Balaban J connectivity index is 1.89. The quantitative estimate of drug-likeness (QED) is 0.485. The lowest BCUT2D eigenvalue weighted by atomic mass is 10.1. The molecule has 9 nitrogen and oxygen atoms in total. The Bertz CT molecular complexity index is 895. The van der Waals surface area contributed by atoms with Crippen LogP contribution in [0.3, 0.4) is 0 Å². The molecule has 31 heavy (non-hydrogen) atoms. The summed E-state index contributed by atoms with van der Waals surface area (Å²) in [4.78, 5) is 28.2. The maximum atomic E-state index is 12.3. The predicted molar refractivity (Wildman–Crippen MR) is 125 cm³/mol. The number of carbonyl (C=O) groups excluding carboxylic acids is 1. The number of carbonyl (C=O) groups is 1. The van der Waals surface area contributed by atoms with Crippen molar-refractivity contribution >= 4 is 29.4 Å². The second-order valence-electron chi connectivity index (χ2n) is 8.41. The first-order chi connectivity index (χ1) is 14.9. The van der Waals surface area contributed by atoms with Crippen molar-refractivity contribution in [1.82, 2.24) is 25.6 Å². The van der Waals surface area contributed by atoms with Gasteiger partial charge in [0.05, 0.1) is 0 Å². The van der Waals surface area contributed by atoms with Crippen molar-refractivity contribution in [3.63, 3.8) is 0 Å². The van der Waals surface area contributed by atoms with Crippen molar-refractivity contribution in [2.45, 2.75) is 40.2 Å². The van der Waals surface area contributed by atoms with Gasteiger partial charge < -0.3 is 26.2 Å². The van der Waals surface area contributed by atoms with Gasteiger partial charge in [0.2, 0.25) is 17.8 Å². The minimum absolute atomic E-state index is 0.102. The van der Waals surface area contributed by atoms with Gasteiger partial charge in [0.25, 0.3) is 5.91 Å². The zero-order valence-corrected chi connectivity index (χ0v) is 19.1. The molecular formula is C22H34N8O. The molecule has 0 unspecified atom stereocenters. The molecule has 1 atom stereocenters. The van der Waals surface area contributed by atoms with Crippen LogP contribution in [0.15, 0.2) is 18.2 Å². The van der Waals surface area contributed by atoms with E-state index in [9.17, 15) is 4.79 Å². The Labute approximate surface area is 184 Å². The molecule has 1 fully saturated rings. The molecule has 2 aromatic rings. The molecule has 0 radical (unpaired) electrons. The average molecular weight is 427 g/mol. The molecule has 0 saturated carbocycles. The first kappa shape index (κ1) is 22.7. The molecule has 168 valence electrons. The number of nitrogens with zero attached hydrogens (tertiary/aromatic N) is 4. The van der Waals surface area contributed by atoms with Gasteiger partial charge in [-0.05, 0) is 50.4 Å². The van der Waals surface area contributed by atoms with E-state index in [1.54, 1.807) is 0 Å². The number of rotatable bonds is 9. The van der Waals surface area contributed by atoms with Crippen molar-refractivity contribution in [3.05, 3.63) is 29.3 Å². The normalized spacial score (nSPS) is 15.7. The molecule has 1 amide bonds. The van der Waals surface area contributed by atoms with Gasteiger partial charge in [-0.1, -0.05) is 19.9 Å². The van der Waals surface area contributed by atoms with Crippen molar-refractivity contribution in [1.29, 1.82) is 0 Å². The Morgan fingerprint density at radius 2 is 2.03 bits per heavy atom. The Morgan fingerprint density at radius 1 is 1.26 bits per heavy atom. The second kappa shape index (κ2) is 10.4.